The molecule has 5 heterocycles. The Kier molecular flexibility index (Phi) is 41.6. The van der Waals surface area contributed by atoms with Crippen LogP contribution >= 0.6 is 129 Å². The number of carboxylic acids is 5. The average Bonchev–Trinajstić information content (AvgIpc) is 1.79. The molecule has 0 aliphatic heterocycles. The second kappa shape index (κ2) is 48.8. The number of carboxylic acid groups (broad SMARTS) is 5. The summed E-state index contributed by atoms with van der Waals surface area (Å²) >= 11 is 23.2. The average molecular weight is 2090 g/mol. The number of hydrogen-bond acceptors (Lipinski definition) is 20. The molecule has 5 aromatic heterocycles. The number of rotatable bonds is 27. The zero-order valence-corrected chi connectivity index (χ0v) is 90.9. The Labute approximate surface area is 828 Å². The summed E-state index contributed by atoms with van der Waals surface area (Å²) in [5, 5.41) is 64.5. The molecule has 10 rings (SSSR count). The van der Waals surface area contributed by atoms with Gasteiger partial charge in [-0.25, -0.2) is 24.0 Å². The van der Waals surface area contributed by atoms with E-state index < -0.39 is 67.4 Å². The van der Waals surface area contributed by atoms with Crippen LogP contribution in [0.15, 0.2) is 109 Å². The van der Waals surface area contributed by atoms with Crippen molar-refractivity contribution in [2.75, 3.05) is 60.0 Å². The molecule has 0 spiro atoms. The Bertz CT molecular complexity index is 6270. The molecule has 0 bridgehead atoms. The van der Waals surface area contributed by atoms with Crippen LogP contribution in [0.5, 0.6) is 0 Å². The van der Waals surface area contributed by atoms with E-state index in [1.54, 1.807) is 87.5 Å². The molecule has 4 aromatic carbocycles. The lowest BCUT2D eigenvalue weighted by atomic mass is 9.91. The number of halogens is 3. The van der Waals surface area contributed by atoms with Gasteiger partial charge in [0, 0.05) is 58.4 Å². The third kappa shape index (κ3) is 35.3. The van der Waals surface area contributed by atoms with Crippen LogP contribution in [0, 0.1) is 120 Å². The number of anilines is 5. The molecule has 1 aliphatic rings. The molecule has 9 aromatic rings. The maximum atomic E-state index is 13.7. The zero-order chi connectivity index (χ0) is 102. The zero-order valence-electron chi connectivity index (χ0n) is 80.1. The first-order chi connectivity index (χ1) is 62.4. The van der Waals surface area contributed by atoms with Crippen molar-refractivity contribution in [1.82, 2.24) is 0 Å². The second-order valence-electron chi connectivity index (χ2n) is 36.1. The van der Waals surface area contributed by atoms with E-state index in [1.807, 2.05) is 149 Å². The van der Waals surface area contributed by atoms with Gasteiger partial charge in [-0.05, 0) is 273 Å². The summed E-state index contributed by atoms with van der Waals surface area (Å²) in [5.74, 6) is 25.5. The first-order valence-electron chi connectivity index (χ1n) is 42.2. The largest absolute Gasteiger partial charge is 0.477 e. The molecule has 135 heavy (non-hydrogen) atoms. The minimum absolute atomic E-state index is 0.0180. The maximum Gasteiger partial charge on any atom is 0.348 e. The third-order valence-corrected chi connectivity index (χ3v) is 35.8. The van der Waals surface area contributed by atoms with E-state index >= 15 is 0 Å². The number of carbonyl (C=O) groups is 5. The number of benzene rings is 4. The summed E-state index contributed by atoms with van der Waals surface area (Å²) < 4.78 is 94.2. The molecule has 10 N–H and O–H groups in total. The Balaban J connectivity index is 0.000000259. The molecule has 1 fully saturated rings. The summed E-state index contributed by atoms with van der Waals surface area (Å²) in [6.07, 6.45) is 3.67. The molecule has 0 amide bonds. The predicted molar refractivity (Wildman–Crippen MR) is 558 cm³/mol. The standard InChI is InChI=1S/C21H26NO4PS.C20H24NO4PS.C19H21ClNO4PS.C19H28NO4PS.C18H18Cl2NO4PS/c1-7-26-27(25,18-9-8-14(2)12-15(18)3)22-17-13-16(10-11-21(4,5)6)28-19(17)20(23)24;1-6-25-26(24,15-9-7-14(2)8-10-15)21-17-13-16(11-12-20(3,4)5)27-18(17)19(22)23;1-12-10-13(20)6-7-16(12)26(24,25-5)21-15-11-14(8-9-19(2,3)4)27-17(15)18(22)23;1-13-6-8-14(9-7-13)25(23,24-5)20-16-12-15(10-11-19(2,3)4)26-17(16)18(21)22;1-18(2,3)8-7-12-10-14(16(27-12)17(22)23)21-26(24,25-4)15-6-5-11(19)9-13(15)20/h8-9,12-13H,7H2,1-6H3,(H,22,25)(H,23,24);7-10,13H,6H2,1-5H3,(H,21,24)(H,22,23);6-7,10-11H,1-5H3,(H,21,24)(H,22,23);12-14H,6-9H2,1-5H3,(H,20,23)(H,21,22);5-6,9-10H,1-4H3,(H,21,24)(H,22,23). The minimum Gasteiger partial charge on any atom is -0.477 e. The molecule has 5 unspecified atom stereocenters. The van der Waals surface area contributed by atoms with Crippen molar-refractivity contribution in [2.24, 2.45) is 33.0 Å². The topological polar surface area (TPSA) is 378 Å². The molecule has 1 aliphatic carbocycles. The van der Waals surface area contributed by atoms with Gasteiger partial charge in [0.05, 0.1) is 97.9 Å². The van der Waals surface area contributed by atoms with Gasteiger partial charge in [0.1, 0.15) is 24.4 Å². The maximum absolute atomic E-state index is 13.7. The summed E-state index contributed by atoms with van der Waals surface area (Å²) in [5.41, 5.74) is 3.66. The predicted octanol–water partition coefficient (Wildman–Crippen LogP) is 27.3. The van der Waals surface area contributed by atoms with Crippen molar-refractivity contribution < 1.29 is 94.9 Å². The van der Waals surface area contributed by atoms with Gasteiger partial charge >= 0.3 is 59.9 Å². The van der Waals surface area contributed by atoms with Crippen molar-refractivity contribution >= 4 is 209 Å². The fourth-order valence-corrected chi connectivity index (χ4v) is 26.4. The minimum atomic E-state index is -3.68. The molecule has 25 nitrogen and oxygen atoms in total. The smallest absolute Gasteiger partial charge is 0.348 e. The van der Waals surface area contributed by atoms with Crippen molar-refractivity contribution in [3.8, 4) is 59.2 Å². The van der Waals surface area contributed by atoms with Crippen molar-refractivity contribution in [1.29, 1.82) is 0 Å². The monoisotopic (exact) mass is 2090 g/mol. The summed E-state index contributed by atoms with van der Waals surface area (Å²) in [7, 11) is -13.4. The van der Waals surface area contributed by atoms with Crippen LogP contribution in [0.3, 0.4) is 0 Å². The Morgan fingerprint density at radius 1 is 0.370 bits per heavy atom. The summed E-state index contributed by atoms with van der Waals surface area (Å²) in [6, 6.07) is 30.1. The van der Waals surface area contributed by atoms with Crippen LogP contribution in [0.1, 0.15) is 245 Å². The highest BCUT2D eigenvalue weighted by Crippen LogP contribution is 2.58. The Morgan fingerprint density at radius 2 is 0.652 bits per heavy atom. The number of nitrogens with one attached hydrogen (secondary N) is 5. The van der Waals surface area contributed by atoms with Crippen molar-refractivity contribution in [3.05, 3.63) is 195 Å². The van der Waals surface area contributed by atoms with Gasteiger partial charge in [-0.1, -0.05) is 136 Å². The van der Waals surface area contributed by atoms with E-state index in [0.717, 1.165) is 99.1 Å². The summed E-state index contributed by atoms with van der Waals surface area (Å²) in [4.78, 5) is 61.4. The molecular formula is C97H117Cl3N5O20P5S5. The fourth-order valence-electron chi connectivity index (χ4n) is 12.0. The molecule has 38 heteroatoms. The van der Waals surface area contributed by atoms with Crippen LogP contribution < -0.4 is 46.7 Å². The SMILES string of the molecule is CCOP(=O)(Nc1cc(C#CC(C)(C)C)sc1C(=O)O)c1ccc(C)cc1.CCOP(=O)(Nc1cc(C#CC(C)(C)C)sc1C(=O)O)c1ccc(C)cc1C.COP(=O)(Nc1cc(C#CC(C)(C)C)sc1C(=O)O)C1CCC(C)CC1.COP(=O)(Nc1cc(C#CC(C)(C)C)sc1C(=O)O)c1ccc(Cl)cc1C.COP(=O)(Nc1cc(C#CC(C)(C)C)sc1C(=O)O)c1ccc(Cl)cc1Cl. The highest BCUT2D eigenvalue weighted by molar-refractivity contribution is 7.69. The number of aryl methyl sites for hydroxylation is 4. The van der Waals surface area contributed by atoms with Gasteiger partial charge in [0.25, 0.3) is 7.52 Å². The van der Waals surface area contributed by atoms with Gasteiger partial charge < -0.3 is 73.6 Å². The summed E-state index contributed by atoms with van der Waals surface area (Å²) in [6.45, 7) is 43.3. The van der Waals surface area contributed by atoms with Crippen molar-refractivity contribution in [3.63, 3.8) is 0 Å². The van der Waals surface area contributed by atoms with Crippen LogP contribution in [0.25, 0.3) is 0 Å². The van der Waals surface area contributed by atoms with Crippen LogP contribution in [-0.2, 0) is 45.4 Å². The van der Waals surface area contributed by atoms with Gasteiger partial charge in [0.15, 0.2) is 0 Å². The molecular weight excluding hydrogens is 1980 g/mol. The lowest BCUT2D eigenvalue weighted by Crippen LogP contribution is -2.22. The fraction of sp³-hybridized carbons (Fsp3) is 0.392. The van der Waals surface area contributed by atoms with Crippen LogP contribution in [-0.4, -0.2) is 95.6 Å². The van der Waals surface area contributed by atoms with Gasteiger partial charge in [-0.3, -0.25) is 22.8 Å². The lowest BCUT2D eigenvalue weighted by Gasteiger charge is -2.32. The third-order valence-electron chi connectivity index (χ3n) is 18.4. The normalized spacial score (nSPS) is 15.2. The van der Waals surface area contributed by atoms with Gasteiger partial charge in [-0.15, -0.1) is 56.7 Å². The van der Waals surface area contributed by atoms with Crippen LogP contribution in [0.4, 0.5) is 28.4 Å². The Hall–Kier alpha value is -8.65. The van der Waals surface area contributed by atoms with E-state index in [9.17, 15) is 72.3 Å². The quantitative estimate of drug-likeness (QED) is 0.0169. The van der Waals surface area contributed by atoms with E-state index in [4.69, 9.17) is 57.4 Å². The van der Waals surface area contributed by atoms with Crippen LogP contribution in [0.2, 0.25) is 15.1 Å². The molecule has 726 valence electrons. The highest BCUT2D eigenvalue weighted by Gasteiger charge is 2.39. The number of aromatic carboxylic acids is 5. The Morgan fingerprint density at radius 3 is 0.956 bits per heavy atom. The number of hydrogen-bond donors (Lipinski definition) is 10. The second-order valence-corrected chi connectivity index (χ2v) is 53.7. The first kappa shape index (κ1) is 115. The van der Waals surface area contributed by atoms with E-state index in [0.29, 0.717) is 67.5 Å². The van der Waals surface area contributed by atoms with E-state index in [-0.39, 0.29) is 103 Å². The van der Waals surface area contributed by atoms with Crippen molar-refractivity contribution in [2.45, 2.75) is 184 Å². The lowest BCUT2D eigenvalue weighted by molar-refractivity contribution is 0.0692. The molecule has 0 radical (unpaired) electrons. The molecule has 1 saturated carbocycles. The highest BCUT2D eigenvalue weighted by atomic mass is 35.5. The molecule has 5 atom stereocenters. The van der Waals surface area contributed by atoms with E-state index in [2.05, 4.69) is 91.6 Å². The van der Waals surface area contributed by atoms with E-state index in [1.165, 1.54) is 39.5 Å². The number of thiophene rings is 5. The van der Waals surface area contributed by atoms with Gasteiger partial charge in [-0.2, -0.15) is 0 Å². The van der Waals surface area contributed by atoms with Gasteiger partial charge in [0.2, 0.25) is 0 Å². The molecule has 0 saturated heterocycles. The first-order valence-corrected chi connectivity index (χ1v) is 55.6.